The molecule has 1 radical (unpaired) electrons. The maximum atomic E-state index is 2.67. The van der Waals surface area contributed by atoms with Crippen LogP contribution in [0.2, 0.25) is 11.6 Å². The SMILES string of the molecule is CC(C)c1cccc(C(C)C)c1-n1cc[n+](-c2c(C(C)C)cccc2C(C)C)c1[B-]1C2CCCC1CCC2. The zero-order valence-electron chi connectivity index (χ0n) is 25.3. The summed E-state index contributed by atoms with van der Waals surface area (Å²) in [6, 6.07) is 14.1. The Bertz CT molecular complexity index is 1110. The van der Waals surface area contributed by atoms with Crippen LogP contribution in [0.15, 0.2) is 48.8 Å². The smallest absolute Gasteiger partial charge is 0.135 e. The Labute approximate surface area is 233 Å². The second-order valence-electron chi connectivity index (χ2n) is 13.5. The van der Waals surface area contributed by atoms with Gasteiger partial charge in [-0.05, 0) is 23.7 Å². The topological polar surface area (TPSA) is 8.81 Å². The van der Waals surface area contributed by atoms with Gasteiger partial charge in [-0.25, -0.2) is 9.13 Å². The number of fused-ring (bicyclic) bond motifs is 2. The van der Waals surface area contributed by atoms with Gasteiger partial charge in [-0.15, -0.1) is 0 Å². The van der Waals surface area contributed by atoms with E-state index < -0.39 is 0 Å². The molecule has 203 valence electrons. The summed E-state index contributed by atoms with van der Waals surface area (Å²) in [7, 11) is 0. The van der Waals surface area contributed by atoms with Crippen LogP contribution in [0, 0.1) is 0 Å². The van der Waals surface area contributed by atoms with Gasteiger partial charge in [0.1, 0.15) is 23.8 Å². The maximum Gasteiger partial charge on any atom is 0.135 e. The van der Waals surface area contributed by atoms with Crippen molar-refractivity contribution in [1.82, 2.24) is 4.57 Å². The Balaban J connectivity index is 1.87. The van der Waals surface area contributed by atoms with Crippen molar-refractivity contribution in [3.63, 3.8) is 0 Å². The van der Waals surface area contributed by atoms with E-state index in [0.717, 1.165) is 11.6 Å². The molecule has 2 saturated heterocycles. The lowest BCUT2D eigenvalue weighted by Crippen LogP contribution is -2.61. The van der Waals surface area contributed by atoms with E-state index in [1.807, 2.05) is 0 Å². The Hall–Kier alpha value is -2.29. The minimum atomic E-state index is 0.479. The number of hydrogen-bond acceptors (Lipinski definition) is 0. The minimum Gasteiger partial charge on any atom is -0.239 e. The van der Waals surface area contributed by atoms with Gasteiger partial charge in [0.25, 0.3) is 0 Å². The second-order valence-corrected chi connectivity index (χ2v) is 13.5. The number of para-hydroxylation sites is 2. The van der Waals surface area contributed by atoms with Crippen molar-refractivity contribution in [1.29, 1.82) is 0 Å². The van der Waals surface area contributed by atoms with Crippen molar-refractivity contribution in [2.75, 3.05) is 0 Å². The first-order valence-corrected chi connectivity index (χ1v) is 15.6. The number of rotatable bonds is 7. The molecule has 2 fully saturated rings. The standard InChI is InChI=1S/C35H50BN2/c1-23(2)29-17-11-18-30(24(3)4)33(29)37-21-22-38(34-31(25(5)6)19-12-20-32(34)26(7)8)35(37)36-27-13-9-14-28(36)16-10-15-27/h11-12,17-28H,9-10,13-16H2,1-8H3. The summed E-state index contributed by atoms with van der Waals surface area (Å²) in [6.45, 7) is 19.5. The molecule has 1 aromatic heterocycles. The van der Waals surface area contributed by atoms with Crippen LogP contribution in [-0.2, 0) is 0 Å². The number of imidazole rings is 1. The molecule has 2 bridgehead atoms. The van der Waals surface area contributed by atoms with Crippen LogP contribution in [0.5, 0.6) is 0 Å². The summed E-state index contributed by atoms with van der Waals surface area (Å²) in [5.41, 5.74) is 10.3. The highest BCUT2D eigenvalue weighted by atomic mass is 15.2. The van der Waals surface area contributed by atoms with Gasteiger partial charge in [0.05, 0.1) is 0 Å². The van der Waals surface area contributed by atoms with Crippen molar-refractivity contribution >= 4 is 12.4 Å². The summed E-state index contributed by atoms with van der Waals surface area (Å²) < 4.78 is 5.35. The molecule has 3 aromatic rings. The molecule has 0 aliphatic carbocycles. The Morgan fingerprint density at radius 3 is 1.50 bits per heavy atom. The fourth-order valence-corrected chi connectivity index (χ4v) is 7.78. The van der Waals surface area contributed by atoms with Gasteiger partial charge >= 0.3 is 0 Å². The number of benzene rings is 2. The first-order valence-electron chi connectivity index (χ1n) is 15.6. The van der Waals surface area contributed by atoms with Gasteiger partial charge in [-0.2, -0.15) is 11.6 Å². The van der Waals surface area contributed by atoms with E-state index in [1.54, 1.807) is 5.72 Å². The molecule has 2 nitrogen and oxygen atoms in total. The molecule has 3 heterocycles. The van der Waals surface area contributed by atoms with E-state index in [0.29, 0.717) is 30.4 Å². The highest BCUT2D eigenvalue weighted by Crippen LogP contribution is 2.46. The maximum absolute atomic E-state index is 2.67. The third-order valence-electron chi connectivity index (χ3n) is 9.64. The summed E-state index contributed by atoms with van der Waals surface area (Å²) in [4.78, 5) is 0. The Morgan fingerprint density at radius 1 is 0.658 bits per heavy atom. The molecule has 0 amide bonds. The third kappa shape index (κ3) is 4.80. The van der Waals surface area contributed by atoms with Crippen LogP contribution in [-0.4, -0.2) is 11.3 Å². The van der Waals surface area contributed by atoms with E-state index in [2.05, 4.69) is 113 Å². The molecule has 0 spiro atoms. The highest BCUT2D eigenvalue weighted by Gasteiger charge is 2.37. The molecule has 2 aliphatic heterocycles. The zero-order chi connectivity index (χ0) is 27.1. The summed E-state index contributed by atoms with van der Waals surface area (Å²) in [5, 5.41) is 0. The minimum absolute atomic E-state index is 0.479. The van der Waals surface area contributed by atoms with Crippen LogP contribution in [0.1, 0.15) is 140 Å². The van der Waals surface area contributed by atoms with Crippen LogP contribution >= 0.6 is 0 Å². The Kier molecular flexibility index (Phi) is 7.95. The largest absolute Gasteiger partial charge is 0.239 e. The molecule has 5 rings (SSSR count). The molecule has 2 aliphatic rings. The average Bonchev–Trinajstić information content (AvgIpc) is 3.31. The van der Waals surface area contributed by atoms with Gasteiger partial charge in [0, 0.05) is 34.7 Å². The van der Waals surface area contributed by atoms with Crippen LogP contribution in [0.3, 0.4) is 0 Å². The normalized spacial score (nSPS) is 20.3. The van der Waals surface area contributed by atoms with E-state index in [1.165, 1.54) is 72.2 Å². The van der Waals surface area contributed by atoms with Crippen LogP contribution in [0.4, 0.5) is 0 Å². The molecule has 3 heteroatoms. The van der Waals surface area contributed by atoms with Crippen molar-refractivity contribution in [3.8, 4) is 11.4 Å². The van der Waals surface area contributed by atoms with Gasteiger partial charge in [0.15, 0.2) is 0 Å². The lowest BCUT2D eigenvalue weighted by atomic mass is 9.26. The number of nitrogens with zero attached hydrogens (tertiary/aromatic N) is 2. The number of aromatic nitrogens is 2. The van der Waals surface area contributed by atoms with Crippen molar-refractivity contribution in [2.45, 2.75) is 129 Å². The molecule has 0 N–H and O–H groups in total. The average molecular weight is 510 g/mol. The van der Waals surface area contributed by atoms with E-state index in [4.69, 9.17) is 0 Å². The van der Waals surface area contributed by atoms with Crippen molar-refractivity contribution in [2.24, 2.45) is 0 Å². The highest BCUT2D eigenvalue weighted by molar-refractivity contribution is 6.74. The van der Waals surface area contributed by atoms with E-state index in [9.17, 15) is 0 Å². The molecule has 0 saturated carbocycles. The predicted molar refractivity (Wildman–Crippen MR) is 164 cm³/mol. The molecular formula is C35H50BN2. The summed E-state index contributed by atoms with van der Waals surface area (Å²) in [5.74, 6) is 3.51. The molecular weight excluding hydrogens is 459 g/mol. The van der Waals surface area contributed by atoms with Crippen LogP contribution < -0.4 is 10.3 Å². The fourth-order valence-electron chi connectivity index (χ4n) is 7.78. The summed E-state index contributed by atoms with van der Waals surface area (Å²) >= 11 is 0. The molecule has 0 unspecified atom stereocenters. The molecule has 0 atom stereocenters. The van der Waals surface area contributed by atoms with Crippen molar-refractivity contribution < 1.29 is 4.57 Å². The first kappa shape index (κ1) is 27.3. The fraction of sp³-hybridized carbons (Fsp3) is 0.571. The van der Waals surface area contributed by atoms with E-state index in [-0.39, 0.29) is 0 Å². The lowest BCUT2D eigenvalue weighted by molar-refractivity contribution is -0.577. The van der Waals surface area contributed by atoms with E-state index >= 15 is 0 Å². The monoisotopic (exact) mass is 509 g/mol. The third-order valence-corrected chi connectivity index (χ3v) is 9.64. The van der Waals surface area contributed by atoms with Gasteiger partial charge in [0.2, 0.25) is 0 Å². The lowest BCUT2D eigenvalue weighted by Gasteiger charge is -2.49. The number of hydrogen-bond donors (Lipinski definition) is 0. The van der Waals surface area contributed by atoms with Crippen LogP contribution in [0.25, 0.3) is 11.4 Å². The Morgan fingerprint density at radius 2 is 1.08 bits per heavy atom. The van der Waals surface area contributed by atoms with Crippen molar-refractivity contribution in [3.05, 3.63) is 71.0 Å². The first-order chi connectivity index (χ1) is 18.2. The quantitative estimate of drug-likeness (QED) is 0.222. The predicted octanol–water partition coefficient (Wildman–Crippen LogP) is 9.06. The van der Waals surface area contributed by atoms with Gasteiger partial charge in [-0.3, -0.25) is 0 Å². The molecule has 2 aromatic carbocycles. The van der Waals surface area contributed by atoms with Gasteiger partial charge < -0.3 is 0 Å². The molecule has 38 heavy (non-hydrogen) atoms. The zero-order valence-corrected chi connectivity index (χ0v) is 25.3. The van der Waals surface area contributed by atoms with Gasteiger partial charge in [-0.1, -0.05) is 130 Å². The summed E-state index contributed by atoms with van der Waals surface area (Å²) in [6.07, 6.45) is 13.2. The second kappa shape index (κ2) is 11.1.